The maximum Gasteiger partial charge on any atom is 0.323 e. The van der Waals surface area contributed by atoms with E-state index >= 15 is 0 Å². The molecule has 0 spiro atoms. The molecule has 1 aromatic heterocycles. The minimum atomic E-state index is -0.472. The van der Waals surface area contributed by atoms with E-state index in [1.54, 1.807) is 36.4 Å². The predicted molar refractivity (Wildman–Crippen MR) is 111 cm³/mol. The number of benzene rings is 3. The van der Waals surface area contributed by atoms with E-state index in [4.69, 9.17) is 0 Å². The number of urea groups is 1. The average Bonchev–Trinajstić information content (AvgIpc) is 3.09. The monoisotopic (exact) mass is 410 g/mol. The van der Waals surface area contributed by atoms with Gasteiger partial charge in [0.15, 0.2) is 5.16 Å². The molecule has 0 saturated heterocycles. The first-order chi connectivity index (χ1) is 14.0. The lowest BCUT2D eigenvalue weighted by molar-refractivity contribution is 0.262. The number of halogens is 2. The third kappa shape index (κ3) is 4.91. The molecular weight excluding hydrogens is 394 g/mol. The van der Waals surface area contributed by atoms with Crippen LogP contribution in [-0.4, -0.2) is 16.0 Å². The minimum absolute atomic E-state index is 0.260. The van der Waals surface area contributed by atoms with E-state index in [-0.39, 0.29) is 5.82 Å². The van der Waals surface area contributed by atoms with E-state index in [1.807, 2.05) is 0 Å². The first kappa shape index (κ1) is 18.9. The smallest absolute Gasteiger partial charge is 0.323 e. The Kier molecular flexibility index (Phi) is 5.44. The van der Waals surface area contributed by atoms with Gasteiger partial charge in [-0.05, 0) is 54.1 Å². The van der Waals surface area contributed by atoms with Gasteiger partial charge in [0.05, 0.1) is 11.0 Å². The van der Waals surface area contributed by atoms with Crippen LogP contribution in [0.3, 0.4) is 0 Å². The number of rotatable bonds is 5. The molecule has 3 aromatic carbocycles. The number of hydrogen-bond donors (Lipinski definition) is 3. The highest BCUT2D eigenvalue weighted by molar-refractivity contribution is 7.98. The van der Waals surface area contributed by atoms with Crippen molar-refractivity contribution in [3.05, 3.63) is 83.9 Å². The van der Waals surface area contributed by atoms with Crippen molar-refractivity contribution in [2.75, 3.05) is 10.6 Å². The maximum absolute atomic E-state index is 13.2. The Bertz CT molecular complexity index is 1160. The van der Waals surface area contributed by atoms with Gasteiger partial charge >= 0.3 is 6.03 Å². The Morgan fingerprint density at radius 2 is 1.69 bits per heavy atom. The molecule has 0 aliphatic heterocycles. The molecule has 0 fully saturated rings. The standard InChI is InChI=1S/C21H16F2N4OS/c22-14-6-4-13(5-7-14)12-29-21-26-18-9-8-17(11-19(18)27-21)25-20(28)24-16-3-1-2-15(23)10-16/h1-11H,12H2,(H,26,27)(H2,24,25,28). The summed E-state index contributed by atoms with van der Waals surface area (Å²) in [5.41, 5.74) is 3.47. The highest BCUT2D eigenvalue weighted by Gasteiger charge is 2.08. The van der Waals surface area contributed by atoms with E-state index in [9.17, 15) is 13.6 Å². The molecule has 2 amide bonds. The van der Waals surface area contributed by atoms with Crippen molar-refractivity contribution in [3.8, 4) is 0 Å². The Hall–Kier alpha value is -3.39. The van der Waals surface area contributed by atoms with Gasteiger partial charge in [-0.25, -0.2) is 18.6 Å². The van der Waals surface area contributed by atoms with E-state index in [2.05, 4.69) is 20.6 Å². The Labute approximate surface area is 169 Å². The molecule has 29 heavy (non-hydrogen) atoms. The average molecular weight is 410 g/mol. The van der Waals surface area contributed by atoms with E-state index < -0.39 is 11.8 Å². The van der Waals surface area contributed by atoms with Gasteiger partial charge in [0, 0.05) is 17.1 Å². The van der Waals surface area contributed by atoms with Crippen molar-refractivity contribution < 1.29 is 13.6 Å². The molecule has 0 unspecified atom stereocenters. The van der Waals surface area contributed by atoms with Gasteiger partial charge < -0.3 is 15.6 Å². The molecule has 0 bridgehead atoms. The lowest BCUT2D eigenvalue weighted by atomic mass is 10.2. The van der Waals surface area contributed by atoms with Crippen LogP contribution in [0, 0.1) is 11.6 Å². The lowest BCUT2D eigenvalue weighted by Gasteiger charge is -2.07. The molecule has 4 aromatic rings. The Morgan fingerprint density at radius 1 is 0.931 bits per heavy atom. The number of carbonyl (C=O) groups is 1. The van der Waals surface area contributed by atoms with E-state index in [0.717, 1.165) is 21.8 Å². The maximum atomic E-state index is 13.2. The van der Waals surface area contributed by atoms with Gasteiger partial charge in [0.1, 0.15) is 11.6 Å². The fourth-order valence-electron chi connectivity index (χ4n) is 2.72. The molecular formula is C21H16F2N4OS. The molecule has 4 rings (SSSR count). The van der Waals surface area contributed by atoms with Crippen LogP contribution in [0.15, 0.2) is 71.9 Å². The van der Waals surface area contributed by atoms with Gasteiger partial charge in [-0.2, -0.15) is 0 Å². The van der Waals surface area contributed by atoms with Crippen LogP contribution < -0.4 is 10.6 Å². The van der Waals surface area contributed by atoms with Gasteiger partial charge in [0.2, 0.25) is 0 Å². The number of amides is 2. The fraction of sp³-hybridized carbons (Fsp3) is 0.0476. The highest BCUT2D eigenvalue weighted by atomic mass is 32.2. The van der Waals surface area contributed by atoms with Crippen LogP contribution in [0.2, 0.25) is 0 Å². The summed E-state index contributed by atoms with van der Waals surface area (Å²) in [5, 5.41) is 6.02. The number of fused-ring (bicyclic) bond motifs is 1. The number of nitrogens with one attached hydrogen (secondary N) is 3. The van der Waals surface area contributed by atoms with Crippen molar-refractivity contribution in [1.82, 2.24) is 9.97 Å². The number of hydrogen-bond acceptors (Lipinski definition) is 3. The highest BCUT2D eigenvalue weighted by Crippen LogP contribution is 2.25. The summed E-state index contributed by atoms with van der Waals surface area (Å²) in [4.78, 5) is 19.8. The second kappa shape index (κ2) is 8.32. The lowest BCUT2D eigenvalue weighted by Crippen LogP contribution is -2.19. The number of carbonyl (C=O) groups excluding carboxylic acids is 1. The Balaban J connectivity index is 1.41. The summed E-state index contributed by atoms with van der Waals surface area (Å²) in [5.74, 6) is -0.0300. The molecule has 0 atom stereocenters. The third-order valence-electron chi connectivity index (χ3n) is 4.09. The zero-order valence-electron chi connectivity index (χ0n) is 15.1. The quantitative estimate of drug-likeness (QED) is 0.366. The zero-order valence-corrected chi connectivity index (χ0v) is 15.9. The molecule has 8 heteroatoms. The minimum Gasteiger partial charge on any atom is -0.333 e. The zero-order chi connectivity index (χ0) is 20.2. The van der Waals surface area contributed by atoms with Crippen LogP contribution >= 0.6 is 11.8 Å². The molecule has 5 nitrogen and oxygen atoms in total. The Morgan fingerprint density at radius 3 is 2.45 bits per heavy atom. The predicted octanol–water partition coefficient (Wildman–Crippen LogP) is 5.78. The summed E-state index contributed by atoms with van der Waals surface area (Å²) in [7, 11) is 0. The largest absolute Gasteiger partial charge is 0.333 e. The summed E-state index contributed by atoms with van der Waals surface area (Å²) >= 11 is 1.50. The van der Waals surface area contributed by atoms with Crippen LogP contribution in [0.1, 0.15) is 5.56 Å². The first-order valence-electron chi connectivity index (χ1n) is 8.76. The van der Waals surface area contributed by atoms with Crippen LogP contribution in [0.25, 0.3) is 11.0 Å². The molecule has 0 aliphatic carbocycles. The first-order valence-corrected chi connectivity index (χ1v) is 9.74. The number of H-pyrrole nitrogens is 1. The summed E-state index contributed by atoms with van der Waals surface area (Å²) in [6.45, 7) is 0. The summed E-state index contributed by atoms with van der Waals surface area (Å²) < 4.78 is 26.2. The van der Waals surface area contributed by atoms with Crippen LogP contribution in [0.5, 0.6) is 0 Å². The molecule has 0 radical (unpaired) electrons. The molecule has 1 heterocycles. The van der Waals surface area contributed by atoms with Crippen molar-refractivity contribution in [2.45, 2.75) is 10.9 Å². The second-order valence-electron chi connectivity index (χ2n) is 6.28. The molecule has 0 aliphatic rings. The summed E-state index contributed by atoms with van der Waals surface area (Å²) in [6, 6.07) is 16.8. The number of anilines is 2. The van der Waals surface area contributed by atoms with Crippen molar-refractivity contribution in [3.63, 3.8) is 0 Å². The van der Waals surface area contributed by atoms with E-state index in [1.165, 1.54) is 42.1 Å². The topological polar surface area (TPSA) is 69.8 Å². The fourth-order valence-corrected chi connectivity index (χ4v) is 3.57. The number of imidazole rings is 1. The second-order valence-corrected chi connectivity index (χ2v) is 7.24. The number of aromatic nitrogens is 2. The van der Waals surface area contributed by atoms with Crippen molar-refractivity contribution in [1.29, 1.82) is 0 Å². The summed E-state index contributed by atoms with van der Waals surface area (Å²) in [6.07, 6.45) is 0. The molecule has 3 N–H and O–H groups in total. The van der Waals surface area contributed by atoms with Crippen molar-refractivity contribution >= 4 is 40.2 Å². The van der Waals surface area contributed by atoms with Gasteiger partial charge in [-0.15, -0.1) is 0 Å². The van der Waals surface area contributed by atoms with Crippen LogP contribution in [-0.2, 0) is 5.75 Å². The number of nitrogens with zero attached hydrogens (tertiary/aromatic N) is 1. The van der Waals surface area contributed by atoms with Gasteiger partial charge in [0.25, 0.3) is 0 Å². The van der Waals surface area contributed by atoms with Gasteiger partial charge in [-0.3, -0.25) is 0 Å². The third-order valence-corrected chi connectivity index (χ3v) is 5.03. The number of aromatic amines is 1. The molecule has 0 saturated carbocycles. The van der Waals surface area contributed by atoms with Crippen LogP contribution in [0.4, 0.5) is 25.0 Å². The molecule has 146 valence electrons. The SMILES string of the molecule is O=C(Nc1cccc(F)c1)Nc1ccc2nc(SCc3ccc(F)cc3)[nH]c2c1. The van der Waals surface area contributed by atoms with Gasteiger partial charge in [-0.1, -0.05) is 30.0 Å². The van der Waals surface area contributed by atoms with Crippen molar-refractivity contribution in [2.24, 2.45) is 0 Å². The normalized spacial score (nSPS) is 10.8. The van der Waals surface area contributed by atoms with E-state index in [0.29, 0.717) is 17.1 Å². The number of thioether (sulfide) groups is 1.